The highest BCUT2D eigenvalue weighted by Gasteiger charge is 2.10. The fourth-order valence-electron chi connectivity index (χ4n) is 2.13. The van der Waals surface area contributed by atoms with Gasteiger partial charge in [0.2, 0.25) is 0 Å². The molecule has 2 aromatic carbocycles. The lowest BCUT2D eigenvalue weighted by Crippen LogP contribution is -2.23. The average molecular weight is 387 g/mol. The predicted octanol–water partition coefficient (Wildman–Crippen LogP) is 2.43. The van der Waals surface area contributed by atoms with Crippen LogP contribution in [0.5, 0.6) is 11.5 Å². The van der Waals surface area contributed by atoms with E-state index in [0.29, 0.717) is 29.4 Å². The van der Waals surface area contributed by atoms with Crippen LogP contribution in [0.3, 0.4) is 0 Å². The highest BCUT2D eigenvalue weighted by molar-refractivity contribution is 5.94. The van der Waals surface area contributed by atoms with Crippen molar-refractivity contribution in [2.75, 3.05) is 32.2 Å². The maximum Gasteiger partial charge on any atom is 0.344 e. The molecule has 0 radical (unpaired) electrons. The molecule has 0 atom stereocenters. The van der Waals surface area contributed by atoms with Crippen molar-refractivity contribution in [3.8, 4) is 11.5 Å². The molecule has 0 aromatic heterocycles. The maximum absolute atomic E-state index is 11.8. The van der Waals surface area contributed by atoms with Crippen LogP contribution in [0.15, 0.2) is 48.5 Å². The number of hydrogen-bond donors (Lipinski definition) is 1. The standard InChI is InChI=1S/C20H21NO7/c1-3-26-16-8-10-17(11-9-16)27-13-19(23)28-12-18(22)21-15-6-4-14(5-7-15)20(24)25-2/h4-11H,3,12-13H2,1-2H3,(H,21,22). The van der Waals surface area contributed by atoms with Gasteiger partial charge in [-0.05, 0) is 55.5 Å². The van der Waals surface area contributed by atoms with Crippen LogP contribution in [0.4, 0.5) is 5.69 Å². The summed E-state index contributed by atoms with van der Waals surface area (Å²) in [5, 5.41) is 2.55. The Morgan fingerprint density at radius 1 is 0.857 bits per heavy atom. The van der Waals surface area contributed by atoms with E-state index in [-0.39, 0.29) is 6.61 Å². The molecular formula is C20H21NO7. The first-order chi connectivity index (χ1) is 13.5. The van der Waals surface area contributed by atoms with Gasteiger partial charge in [0, 0.05) is 5.69 Å². The van der Waals surface area contributed by atoms with Crippen LogP contribution < -0.4 is 14.8 Å². The number of nitrogens with one attached hydrogen (secondary N) is 1. The highest BCUT2D eigenvalue weighted by atomic mass is 16.6. The Hall–Kier alpha value is -3.55. The molecule has 28 heavy (non-hydrogen) atoms. The third-order valence-electron chi connectivity index (χ3n) is 3.45. The van der Waals surface area contributed by atoms with Crippen LogP contribution >= 0.6 is 0 Å². The van der Waals surface area contributed by atoms with Gasteiger partial charge >= 0.3 is 11.9 Å². The molecule has 8 heteroatoms. The van der Waals surface area contributed by atoms with Crippen molar-refractivity contribution < 1.29 is 33.3 Å². The van der Waals surface area contributed by atoms with E-state index in [1.54, 1.807) is 36.4 Å². The van der Waals surface area contributed by atoms with E-state index in [0.717, 1.165) is 0 Å². The molecule has 0 aliphatic heterocycles. The third-order valence-corrected chi connectivity index (χ3v) is 3.45. The normalized spacial score (nSPS) is 9.93. The van der Waals surface area contributed by atoms with Crippen molar-refractivity contribution in [3.05, 3.63) is 54.1 Å². The van der Waals surface area contributed by atoms with Gasteiger partial charge in [-0.15, -0.1) is 0 Å². The van der Waals surface area contributed by atoms with Crippen LogP contribution in [0, 0.1) is 0 Å². The average Bonchev–Trinajstić information content (AvgIpc) is 2.72. The fraction of sp³-hybridized carbons (Fsp3) is 0.250. The molecular weight excluding hydrogens is 366 g/mol. The second-order valence-corrected chi connectivity index (χ2v) is 5.47. The smallest absolute Gasteiger partial charge is 0.344 e. The van der Waals surface area contributed by atoms with E-state index in [1.807, 2.05) is 6.92 Å². The summed E-state index contributed by atoms with van der Waals surface area (Å²) in [5.74, 6) is -0.478. The quantitative estimate of drug-likeness (QED) is 0.660. The van der Waals surface area contributed by atoms with Crippen molar-refractivity contribution in [1.82, 2.24) is 0 Å². The zero-order valence-electron chi connectivity index (χ0n) is 15.6. The summed E-state index contributed by atoms with van der Waals surface area (Å²) in [6.45, 7) is 1.66. The van der Waals surface area contributed by atoms with Gasteiger partial charge in [0.05, 0.1) is 19.3 Å². The predicted molar refractivity (Wildman–Crippen MR) is 100 cm³/mol. The van der Waals surface area contributed by atoms with Crippen molar-refractivity contribution in [1.29, 1.82) is 0 Å². The summed E-state index contributed by atoms with van der Waals surface area (Å²) in [6, 6.07) is 12.9. The van der Waals surface area contributed by atoms with E-state index < -0.39 is 24.5 Å². The van der Waals surface area contributed by atoms with E-state index in [2.05, 4.69) is 10.1 Å². The lowest BCUT2D eigenvalue weighted by molar-refractivity contribution is -0.149. The summed E-state index contributed by atoms with van der Waals surface area (Å²) < 4.78 is 20.1. The minimum absolute atomic E-state index is 0.324. The van der Waals surface area contributed by atoms with E-state index in [4.69, 9.17) is 14.2 Å². The Kier molecular flexibility index (Phi) is 7.83. The monoisotopic (exact) mass is 387 g/mol. The number of amides is 1. The van der Waals surface area contributed by atoms with E-state index >= 15 is 0 Å². The Balaban J connectivity index is 1.71. The van der Waals surface area contributed by atoms with E-state index in [9.17, 15) is 14.4 Å². The Morgan fingerprint density at radius 3 is 2.04 bits per heavy atom. The molecule has 0 fully saturated rings. The second-order valence-electron chi connectivity index (χ2n) is 5.47. The molecule has 0 bridgehead atoms. The SMILES string of the molecule is CCOc1ccc(OCC(=O)OCC(=O)Nc2ccc(C(=O)OC)cc2)cc1. The summed E-state index contributed by atoms with van der Waals surface area (Å²) >= 11 is 0. The van der Waals surface area contributed by atoms with Gasteiger partial charge in [-0.3, -0.25) is 4.79 Å². The van der Waals surface area contributed by atoms with Gasteiger partial charge in [-0.1, -0.05) is 0 Å². The van der Waals surface area contributed by atoms with Gasteiger partial charge in [0.25, 0.3) is 5.91 Å². The van der Waals surface area contributed by atoms with Gasteiger partial charge in [-0.25, -0.2) is 9.59 Å². The van der Waals surface area contributed by atoms with Gasteiger partial charge in [0.15, 0.2) is 13.2 Å². The molecule has 0 spiro atoms. The zero-order valence-corrected chi connectivity index (χ0v) is 15.6. The van der Waals surface area contributed by atoms with Crippen molar-refractivity contribution in [3.63, 3.8) is 0 Å². The fourth-order valence-corrected chi connectivity index (χ4v) is 2.13. The minimum Gasteiger partial charge on any atom is -0.494 e. The molecule has 0 aliphatic carbocycles. The zero-order chi connectivity index (χ0) is 20.4. The van der Waals surface area contributed by atoms with Crippen molar-refractivity contribution in [2.45, 2.75) is 6.92 Å². The number of rotatable bonds is 9. The minimum atomic E-state index is -0.676. The number of anilines is 1. The molecule has 148 valence electrons. The summed E-state index contributed by atoms with van der Waals surface area (Å²) in [4.78, 5) is 34.9. The topological polar surface area (TPSA) is 100 Å². The molecule has 8 nitrogen and oxygen atoms in total. The lowest BCUT2D eigenvalue weighted by Gasteiger charge is -2.09. The first kappa shape index (κ1) is 20.8. The number of carbonyl (C=O) groups is 3. The number of benzene rings is 2. The summed E-state index contributed by atoms with van der Waals surface area (Å²) in [5.41, 5.74) is 0.817. The van der Waals surface area contributed by atoms with Crippen molar-refractivity contribution in [2.24, 2.45) is 0 Å². The van der Waals surface area contributed by atoms with Gasteiger partial charge in [0.1, 0.15) is 11.5 Å². The molecule has 1 amide bonds. The van der Waals surface area contributed by atoms with Gasteiger partial charge < -0.3 is 24.3 Å². The molecule has 1 N–H and O–H groups in total. The highest BCUT2D eigenvalue weighted by Crippen LogP contribution is 2.17. The van der Waals surface area contributed by atoms with Crippen LogP contribution in [0.25, 0.3) is 0 Å². The van der Waals surface area contributed by atoms with E-state index in [1.165, 1.54) is 19.2 Å². The largest absolute Gasteiger partial charge is 0.494 e. The lowest BCUT2D eigenvalue weighted by atomic mass is 10.2. The second kappa shape index (κ2) is 10.6. The molecule has 0 saturated heterocycles. The van der Waals surface area contributed by atoms with Crippen LogP contribution in [-0.4, -0.2) is 44.8 Å². The third kappa shape index (κ3) is 6.64. The van der Waals surface area contributed by atoms with Crippen LogP contribution in [-0.2, 0) is 19.1 Å². The Bertz CT molecular complexity index is 800. The molecule has 0 unspecified atom stereocenters. The van der Waals surface area contributed by atoms with Gasteiger partial charge in [-0.2, -0.15) is 0 Å². The number of hydrogen-bond acceptors (Lipinski definition) is 7. The first-order valence-electron chi connectivity index (χ1n) is 8.51. The van der Waals surface area contributed by atoms with Crippen LogP contribution in [0.2, 0.25) is 0 Å². The number of ether oxygens (including phenoxy) is 4. The molecule has 2 rings (SSSR count). The molecule has 0 saturated carbocycles. The number of esters is 2. The molecule has 2 aromatic rings. The Labute approximate surface area is 162 Å². The molecule has 0 aliphatic rings. The first-order valence-corrected chi connectivity index (χ1v) is 8.51. The summed E-state index contributed by atoms with van der Waals surface area (Å²) in [7, 11) is 1.28. The Morgan fingerprint density at radius 2 is 1.46 bits per heavy atom. The number of methoxy groups -OCH3 is 1. The van der Waals surface area contributed by atoms with Crippen molar-refractivity contribution >= 4 is 23.5 Å². The maximum atomic E-state index is 11.8. The number of carbonyl (C=O) groups excluding carboxylic acids is 3. The van der Waals surface area contributed by atoms with Crippen LogP contribution in [0.1, 0.15) is 17.3 Å². The molecule has 0 heterocycles. The summed E-state index contributed by atoms with van der Waals surface area (Å²) in [6.07, 6.45) is 0.